The number of halogens is 1. The number of carbonyl (C=O) groups excluding carboxylic acids is 2. The minimum atomic E-state index is -0.273. The number of carbonyl (C=O) groups is 2. The third-order valence-corrected chi connectivity index (χ3v) is 2.77. The van der Waals surface area contributed by atoms with Gasteiger partial charge in [0.1, 0.15) is 0 Å². The minimum absolute atomic E-state index is 0.103. The molecule has 0 spiro atoms. The number of nitrogens with one attached hydrogen (secondary N) is 2. The number of hydrogen-bond donors (Lipinski definition) is 2. The number of hydrazone groups is 1. The first-order chi connectivity index (χ1) is 8.90. The Morgan fingerprint density at radius 2 is 2.00 bits per heavy atom. The highest BCUT2D eigenvalue weighted by Crippen LogP contribution is 2.22. The first-order valence-electron chi connectivity index (χ1n) is 5.75. The summed E-state index contributed by atoms with van der Waals surface area (Å²) in [6.45, 7) is 4.85. The standard InChI is InChI=1S/C13H16ClN3O2/c1-8(16-17-10(3)18)7-13(19)15-12-6-4-5-11(14)9(12)2/h4-6H,7H2,1-3H3,(H,15,19)(H,17,18)/b16-8-. The number of hydrogen-bond acceptors (Lipinski definition) is 3. The second kappa shape index (κ2) is 6.89. The Bertz CT molecular complexity index is 527. The number of anilines is 1. The van der Waals surface area contributed by atoms with E-state index in [-0.39, 0.29) is 18.2 Å². The largest absolute Gasteiger partial charge is 0.325 e. The summed E-state index contributed by atoms with van der Waals surface area (Å²) in [6, 6.07) is 5.30. The molecule has 0 unspecified atom stereocenters. The molecule has 0 aliphatic carbocycles. The Morgan fingerprint density at radius 3 is 2.63 bits per heavy atom. The van der Waals surface area contributed by atoms with Crippen molar-refractivity contribution in [2.75, 3.05) is 5.32 Å². The molecule has 0 aromatic heterocycles. The van der Waals surface area contributed by atoms with Crippen LogP contribution in [0.3, 0.4) is 0 Å². The molecule has 0 fully saturated rings. The molecule has 2 N–H and O–H groups in total. The zero-order chi connectivity index (χ0) is 14.4. The van der Waals surface area contributed by atoms with Gasteiger partial charge in [0.05, 0.1) is 6.42 Å². The van der Waals surface area contributed by atoms with Gasteiger partial charge < -0.3 is 5.32 Å². The Hall–Kier alpha value is -1.88. The second-order valence-corrected chi connectivity index (χ2v) is 4.56. The normalized spacial score (nSPS) is 11.1. The lowest BCUT2D eigenvalue weighted by atomic mass is 10.2. The molecule has 1 aromatic carbocycles. The van der Waals surface area contributed by atoms with Crippen molar-refractivity contribution in [3.05, 3.63) is 28.8 Å². The fourth-order valence-electron chi connectivity index (χ4n) is 1.38. The van der Waals surface area contributed by atoms with Crippen LogP contribution < -0.4 is 10.7 Å². The van der Waals surface area contributed by atoms with Crippen molar-refractivity contribution in [1.29, 1.82) is 0 Å². The molecule has 5 nitrogen and oxygen atoms in total. The highest BCUT2D eigenvalue weighted by Gasteiger charge is 2.08. The van der Waals surface area contributed by atoms with E-state index in [1.54, 1.807) is 25.1 Å². The first-order valence-corrected chi connectivity index (χ1v) is 6.12. The van der Waals surface area contributed by atoms with E-state index in [2.05, 4.69) is 15.8 Å². The Kier molecular flexibility index (Phi) is 5.51. The fraction of sp³-hybridized carbons (Fsp3) is 0.308. The van der Waals surface area contributed by atoms with Crippen molar-refractivity contribution in [2.45, 2.75) is 27.2 Å². The van der Waals surface area contributed by atoms with Crippen molar-refractivity contribution in [3.8, 4) is 0 Å². The fourth-order valence-corrected chi connectivity index (χ4v) is 1.56. The Balaban J connectivity index is 2.63. The molecule has 102 valence electrons. The molecule has 0 heterocycles. The predicted octanol–water partition coefficient (Wildman–Crippen LogP) is 2.49. The molecule has 0 aliphatic heterocycles. The zero-order valence-electron chi connectivity index (χ0n) is 11.1. The van der Waals surface area contributed by atoms with Gasteiger partial charge in [-0.3, -0.25) is 9.59 Å². The van der Waals surface area contributed by atoms with Crippen LogP contribution in [0.25, 0.3) is 0 Å². The smallest absolute Gasteiger partial charge is 0.236 e. The van der Waals surface area contributed by atoms with Crippen LogP contribution in [-0.4, -0.2) is 17.5 Å². The van der Waals surface area contributed by atoms with Gasteiger partial charge in [0.25, 0.3) is 0 Å². The molecule has 19 heavy (non-hydrogen) atoms. The van der Waals surface area contributed by atoms with E-state index >= 15 is 0 Å². The molecule has 0 bridgehead atoms. The number of benzene rings is 1. The van der Waals surface area contributed by atoms with Crippen LogP contribution in [-0.2, 0) is 9.59 Å². The molecule has 0 saturated heterocycles. The van der Waals surface area contributed by atoms with Crippen molar-refractivity contribution < 1.29 is 9.59 Å². The van der Waals surface area contributed by atoms with E-state index in [0.717, 1.165) is 5.56 Å². The quantitative estimate of drug-likeness (QED) is 0.657. The molecule has 0 radical (unpaired) electrons. The molecule has 0 saturated carbocycles. The van der Waals surface area contributed by atoms with Crippen molar-refractivity contribution in [3.63, 3.8) is 0 Å². The highest BCUT2D eigenvalue weighted by molar-refractivity contribution is 6.31. The van der Waals surface area contributed by atoms with Crippen molar-refractivity contribution >= 4 is 34.8 Å². The van der Waals surface area contributed by atoms with E-state index in [1.165, 1.54) is 6.92 Å². The highest BCUT2D eigenvalue weighted by atomic mass is 35.5. The number of amides is 2. The van der Waals surface area contributed by atoms with E-state index in [0.29, 0.717) is 16.4 Å². The summed E-state index contributed by atoms with van der Waals surface area (Å²) in [6.07, 6.45) is 0.103. The van der Waals surface area contributed by atoms with Gasteiger partial charge in [0, 0.05) is 23.3 Å². The van der Waals surface area contributed by atoms with Gasteiger partial charge in [0.15, 0.2) is 0 Å². The summed E-state index contributed by atoms with van der Waals surface area (Å²) in [5.74, 6) is -0.484. The monoisotopic (exact) mass is 281 g/mol. The van der Waals surface area contributed by atoms with Gasteiger partial charge in [-0.15, -0.1) is 0 Å². The van der Waals surface area contributed by atoms with Crippen LogP contribution in [0, 0.1) is 6.92 Å². The summed E-state index contributed by atoms with van der Waals surface area (Å²) in [7, 11) is 0. The van der Waals surface area contributed by atoms with E-state index in [9.17, 15) is 9.59 Å². The molecule has 0 aliphatic rings. The third-order valence-electron chi connectivity index (χ3n) is 2.36. The average molecular weight is 282 g/mol. The van der Waals surface area contributed by atoms with Crippen LogP contribution in [0.1, 0.15) is 25.8 Å². The molecular weight excluding hydrogens is 266 g/mol. The van der Waals surface area contributed by atoms with Crippen LogP contribution >= 0.6 is 11.6 Å². The molecule has 1 rings (SSSR count). The van der Waals surface area contributed by atoms with E-state index < -0.39 is 0 Å². The topological polar surface area (TPSA) is 70.6 Å². The summed E-state index contributed by atoms with van der Waals surface area (Å²) in [5.41, 5.74) is 4.29. The predicted molar refractivity (Wildman–Crippen MR) is 76.4 cm³/mol. The molecule has 1 aromatic rings. The molecule has 6 heteroatoms. The number of rotatable bonds is 4. The minimum Gasteiger partial charge on any atom is -0.325 e. The van der Waals surface area contributed by atoms with Gasteiger partial charge in [-0.05, 0) is 31.5 Å². The Labute approximate surface area is 117 Å². The second-order valence-electron chi connectivity index (χ2n) is 4.15. The third kappa shape index (κ3) is 5.09. The average Bonchev–Trinajstić information content (AvgIpc) is 2.32. The van der Waals surface area contributed by atoms with Crippen LogP contribution in [0.5, 0.6) is 0 Å². The van der Waals surface area contributed by atoms with Gasteiger partial charge in [0.2, 0.25) is 11.8 Å². The van der Waals surface area contributed by atoms with Crippen LogP contribution in [0.2, 0.25) is 5.02 Å². The summed E-state index contributed by atoms with van der Waals surface area (Å²) < 4.78 is 0. The van der Waals surface area contributed by atoms with Gasteiger partial charge in [-0.2, -0.15) is 5.10 Å². The van der Waals surface area contributed by atoms with Gasteiger partial charge in [-0.1, -0.05) is 17.7 Å². The van der Waals surface area contributed by atoms with Crippen molar-refractivity contribution in [1.82, 2.24) is 5.43 Å². The lowest BCUT2D eigenvalue weighted by Crippen LogP contribution is -2.19. The number of nitrogens with zero attached hydrogens (tertiary/aromatic N) is 1. The van der Waals surface area contributed by atoms with Gasteiger partial charge >= 0.3 is 0 Å². The SMILES string of the molecule is CC(=O)N/N=C(/C)CC(=O)Nc1cccc(Cl)c1C. The van der Waals surface area contributed by atoms with Gasteiger partial charge in [-0.25, -0.2) is 5.43 Å². The first kappa shape index (κ1) is 15.2. The Morgan fingerprint density at radius 1 is 1.32 bits per heavy atom. The van der Waals surface area contributed by atoms with E-state index in [1.807, 2.05) is 6.92 Å². The summed E-state index contributed by atoms with van der Waals surface area (Å²) in [5, 5.41) is 7.13. The molecular formula is C13H16ClN3O2. The van der Waals surface area contributed by atoms with Crippen LogP contribution in [0.4, 0.5) is 5.69 Å². The maximum atomic E-state index is 11.8. The molecule has 0 atom stereocenters. The zero-order valence-corrected chi connectivity index (χ0v) is 11.8. The lowest BCUT2D eigenvalue weighted by Gasteiger charge is -2.09. The van der Waals surface area contributed by atoms with Crippen molar-refractivity contribution in [2.24, 2.45) is 5.10 Å². The summed E-state index contributed by atoms with van der Waals surface area (Å²) >= 11 is 5.97. The maximum absolute atomic E-state index is 11.8. The van der Waals surface area contributed by atoms with E-state index in [4.69, 9.17) is 11.6 Å². The molecule has 2 amide bonds. The maximum Gasteiger partial charge on any atom is 0.236 e. The summed E-state index contributed by atoms with van der Waals surface area (Å²) in [4.78, 5) is 22.5. The van der Waals surface area contributed by atoms with Crippen LogP contribution in [0.15, 0.2) is 23.3 Å². The lowest BCUT2D eigenvalue weighted by molar-refractivity contribution is -0.119.